The van der Waals surface area contributed by atoms with Crippen molar-refractivity contribution in [2.45, 2.75) is 44.9 Å². The molecule has 30 heavy (non-hydrogen) atoms. The third-order valence-corrected chi connectivity index (χ3v) is 4.36. The molecule has 2 N–H and O–H groups in total. The molecule has 0 aliphatic heterocycles. The Balaban J connectivity index is 1.87. The summed E-state index contributed by atoms with van der Waals surface area (Å²) >= 11 is 0. The van der Waals surface area contributed by atoms with Crippen molar-refractivity contribution in [2.75, 3.05) is 7.11 Å². The van der Waals surface area contributed by atoms with Crippen LogP contribution >= 0.6 is 0 Å². The summed E-state index contributed by atoms with van der Waals surface area (Å²) in [5.74, 6) is -0.907. The summed E-state index contributed by atoms with van der Waals surface area (Å²) in [6.07, 6.45) is -0.340. The highest BCUT2D eigenvalue weighted by Gasteiger charge is 2.28. The third-order valence-electron chi connectivity index (χ3n) is 4.36. The highest BCUT2D eigenvalue weighted by molar-refractivity contribution is 5.85. The number of methoxy groups -OCH3 is 1. The normalized spacial score (nSPS) is 11.8. The van der Waals surface area contributed by atoms with Gasteiger partial charge in [-0.3, -0.25) is 4.79 Å². The second kappa shape index (κ2) is 11.0. The van der Waals surface area contributed by atoms with Gasteiger partial charge in [-0.1, -0.05) is 60.7 Å². The first-order valence-electron chi connectivity index (χ1n) is 9.69. The van der Waals surface area contributed by atoms with Crippen LogP contribution in [0.1, 0.15) is 31.4 Å². The van der Waals surface area contributed by atoms with E-state index < -0.39 is 23.6 Å². The first kappa shape index (κ1) is 22.9. The number of rotatable bonds is 9. The van der Waals surface area contributed by atoms with Crippen LogP contribution < -0.4 is 10.6 Å². The van der Waals surface area contributed by atoms with Crippen LogP contribution in [0.15, 0.2) is 60.7 Å². The maximum Gasteiger partial charge on any atom is 0.407 e. The molecule has 2 rings (SSSR count). The molecule has 0 saturated heterocycles. The summed E-state index contributed by atoms with van der Waals surface area (Å²) in [7, 11) is 1.28. The quantitative estimate of drug-likeness (QED) is 0.618. The molecule has 0 heterocycles. The van der Waals surface area contributed by atoms with Crippen molar-refractivity contribution >= 4 is 18.0 Å². The summed E-state index contributed by atoms with van der Waals surface area (Å²) in [6, 6.07) is 17.8. The summed E-state index contributed by atoms with van der Waals surface area (Å²) < 4.78 is 10.0. The van der Waals surface area contributed by atoms with Crippen LogP contribution in [0.4, 0.5) is 4.79 Å². The van der Waals surface area contributed by atoms with Crippen LogP contribution in [-0.2, 0) is 32.1 Å². The first-order chi connectivity index (χ1) is 14.3. The lowest BCUT2D eigenvalue weighted by Crippen LogP contribution is -2.50. The monoisotopic (exact) mass is 412 g/mol. The molecular weight excluding hydrogens is 384 g/mol. The van der Waals surface area contributed by atoms with Crippen molar-refractivity contribution in [2.24, 2.45) is 0 Å². The zero-order valence-corrected chi connectivity index (χ0v) is 17.5. The zero-order chi connectivity index (χ0) is 22.0. The van der Waals surface area contributed by atoms with E-state index in [1.165, 1.54) is 7.11 Å². The second-order valence-electron chi connectivity index (χ2n) is 7.58. The molecule has 7 nitrogen and oxygen atoms in total. The lowest BCUT2D eigenvalue weighted by atomic mass is 9.99. The number of alkyl carbamates (subject to hydrolysis) is 1. The van der Waals surface area contributed by atoms with E-state index >= 15 is 0 Å². The number of hydrogen-bond donors (Lipinski definition) is 2. The van der Waals surface area contributed by atoms with E-state index in [1.807, 2.05) is 60.7 Å². The van der Waals surface area contributed by atoms with Crippen LogP contribution in [0.2, 0.25) is 0 Å². The number of carbonyl (C=O) groups is 3. The Bertz CT molecular complexity index is 837. The number of benzene rings is 2. The standard InChI is InChI=1S/C23H28N2O5/c1-23(2,25-22(28)30-16-18-12-8-5-9-13-18)15-20(26)24-19(21(27)29-3)14-17-10-6-4-7-11-17/h4-13,19H,14-16H2,1-3H3,(H,24,26)(H,25,28)/t19-/m0/s1. The fourth-order valence-electron chi connectivity index (χ4n) is 2.91. The van der Waals surface area contributed by atoms with E-state index in [-0.39, 0.29) is 18.9 Å². The van der Waals surface area contributed by atoms with Gasteiger partial charge in [0.05, 0.1) is 7.11 Å². The molecule has 0 radical (unpaired) electrons. The molecule has 2 amide bonds. The lowest BCUT2D eigenvalue weighted by molar-refractivity contribution is -0.145. The molecule has 0 aliphatic carbocycles. The molecule has 1 atom stereocenters. The van der Waals surface area contributed by atoms with Crippen LogP contribution in [0, 0.1) is 0 Å². The predicted molar refractivity (Wildman–Crippen MR) is 113 cm³/mol. The van der Waals surface area contributed by atoms with Crippen LogP contribution in [-0.4, -0.2) is 36.7 Å². The molecular formula is C23H28N2O5. The Labute approximate surface area is 176 Å². The van der Waals surface area contributed by atoms with Crippen molar-refractivity contribution < 1.29 is 23.9 Å². The maximum atomic E-state index is 12.5. The minimum absolute atomic E-state index is 0.0320. The molecule has 2 aromatic carbocycles. The second-order valence-corrected chi connectivity index (χ2v) is 7.58. The molecule has 160 valence electrons. The smallest absolute Gasteiger partial charge is 0.407 e. The molecule has 0 aliphatic rings. The first-order valence-corrected chi connectivity index (χ1v) is 9.69. The minimum Gasteiger partial charge on any atom is -0.467 e. The van der Waals surface area contributed by atoms with Crippen LogP contribution in [0.5, 0.6) is 0 Å². The van der Waals surface area contributed by atoms with E-state index in [1.54, 1.807) is 13.8 Å². The molecule has 0 aromatic heterocycles. The van der Waals surface area contributed by atoms with Gasteiger partial charge in [0.25, 0.3) is 0 Å². The highest BCUT2D eigenvalue weighted by atomic mass is 16.5. The Kier molecular flexibility index (Phi) is 8.41. The van der Waals surface area contributed by atoms with Crippen LogP contribution in [0.25, 0.3) is 0 Å². The average Bonchev–Trinajstić information content (AvgIpc) is 2.72. The van der Waals surface area contributed by atoms with Gasteiger partial charge in [0.15, 0.2) is 0 Å². The van der Waals surface area contributed by atoms with Gasteiger partial charge < -0.3 is 20.1 Å². The Morgan fingerprint density at radius 3 is 2.07 bits per heavy atom. The van der Waals surface area contributed by atoms with Gasteiger partial charge in [0.2, 0.25) is 5.91 Å². The summed E-state index contributed by atoms with van der Waals surface area (Å²) in [5.41, 5.74) is 0.894. The summed E-state index contributed by atoms with van der Waals surface area (Å²) in [5, 5.41) is 5.38. The van der Waals surface area contributed by atoms with E-state index in [4.69, 9.17) is 9.47 Å². The predicted octanol–water partition coefficient (Wildman–Crippen LogP) is 2.98. The van der Waals surface area contributed by atoms with E-state index in [2.05, 4.69) is 10.6 Å². The molecule has 2 aromatic rings. The zero-order valence-electron chi connectivity index (χ0n) is 17.5. The number of hydrogen-bond acceptors (Lipinski definition) is 5. The molecule has 0 bridgehead atoms. The molecule has 7 heteroatoms. The van der Waals surface area contributed by atoms with E-state index in [0.717, 1.165) is 11.1 Å². The van der Waals surface area contributed by atoms with Gasteiger partial charge in [-0.05, 0) is 25.0 Å². The van der Waals surface area contributed by atoms with Gasteiger partial charge in [-0.15, -0.1) is 0 Å². The summed E-state index contributed by atoms with van der Waals surface area (Å²) in [6.45, 7) is 3.55. The summed E-state index contributed by atoms with van der Waals surface area (Å²) in [4.78, 5) is 36.7. The van der Waals surface area contributed by atoms with Crippen molar-refractivity contribution in [1.82, 2.24) is 10.6 Å². The number of amides is 2. The number of esters is 1. The van der Waals surface area contributed by atoms with E-state index in [0.29, 0.717) is 6.42 Å². The topological polar surface area (TPSA) is 93.7 Å². The molecule has 0 spiro atoms. The lowest BCUT2D eigenvalue weighted by Gasteiger charge is -2.26. The molecule has 0 saturated carbocycles. The SMILES string of the molecule is COC(=O)[C@H](Cc1ccccc1)NC(=O)CC(C)(C)NC(=O)OCc1ccccc1. The van der Waals surface area contributed by atoms with Crippen molar-refractivity contribution in [3.05, 3.63) is 71.8 Å². The van der Waals surface area contributed by atoms with Crippen LogP contribution in [0.3, 0.4) is 0 Å². The number of carbonyl (C=O) groups excluding carboxylic acids is 3. The fraction of sp³-hybridized carbons (Fsp3) is 0.348. The highest BCUT2D eigenvalue weighted by Crippen LogP contribution is 2.11. The van der Waals surface area contributed by atoms with E-state index in [9.17, 15) is 14.4 Å². The number of ether oxygens (including phenoxy) is 2. The largest absolute Gasteiger partial charge is 0.467 e. The van der Waals surface area contributed by atoms with Gasteiger partial charge in [0.1, 0.15) is 12.6 Å². The maximum absolute atomic E-state index is 12.5. The molecule has 0 fully saturated rings. The van der Waals surface area contributed by atoms with Crippen molar-refractivity contribution in [3.63, 3.8) is 0 Å². The van der Waals surface area contributed by atoms with Gasteiger partial charge in [-0.25, -0.2) is 9.59 Å². The van der Waals surface area contributed by atoms with Crippen molar-refractivity contribution in [3.8, 4) is 0 Å². The Morgan fingerprint density at radius 2 is 1.50 bits per heavy atom. The minimum atomic E-state index is -0.870. The Hall–Kier alpha value is -3.35. The molecule has 0 unspecified atom stereocenters. The fourth-order valence-corrected chi connectivity index (χ4v) is 2.91. The third kappa shape index (κ3) is 7.95. The van der Waals surface area contributed by atoms with Gasteiger partial charge in [-0.2, -0.15) is 0 Å². The number of nitrogens with one attached hydrogen (secondary N) is 2. The van der Waals surface area contributed by atoms with Crippen molar-refractivity contribution in [1.29, 1.82) is 0 Å². The van der Waals surface area contributed by atoms with Gasteiger partial charge >= 0.3 is 12.1 Å². The Morgan fingerprint density at radius 1 is 0.933 bits per heavy atom. The van der Waals surface area contributed by atoms with Gasteiger partial charge in [0, 0.05) is 18.4 Å². The average molecular weight is 412 g/mol.